The van der Waals surface area contributed by atoms with Crippen LogP contribution in [0.5, 0.6) is 0 Å². The van der Waals surface area contributed by atoms with Gasteiger partial charge in [0.15, 0.2) is 0 Å². The van der Waals surface area contributed by atoms with Gasteiger partial charge in [0.2, 0.25) is 5.91 Å². The summed E-state index contributed by atoms with van der Waals surface area (Å²) < 4.78 is 0. The minimum Gasteiger partial charge on any atom is -0.341 e. The first-order valence-electron chi connectivity index (χ1n) is 6.64. The van der Waals surface area contributed by atoms with Gasteiger partial charge >= 0.3 is 0 Å². The van der Waals surface area contributed by atoms with Gasteiger partial charge in [0, 0.05) is 25.2 Å². The molecule has 0 radical (unpaired) electrons. The summed E-state index contributed by atoms with van der Waals surface area (Å²) in [5, 5.41) is 0.690. The van der Waals surface area contributed by atoms with E-state index in [4.69, 9.17) is 17.3 Å². The first kappa shape index (κ1) is 16.0. The van der Waals surface area contributed by atoms with Gasteiger partial charge in [-0.1, -0.05) is 43.6 Å². The second-order valence-corrected chi connectivity index (χ2v) is 5.76. The van der Waals surface area contributed by atoms with E-state index in [2.05, 4.69) is 13.8 Å². The van der Waals surface area contributed by atoms with Gasteiger partial charge in [-0.15, -0.1) is 0 Å². The summed E-state index contributed by atoms with van der Waals surface area (Å²) in [5.74, 6) is 0.454. The first-order chi connectivity index (χ1) is 8.95. The van der Waals surface area contributed by atoms with Crippen molar-refractivity contribution in [2.24, 2.45) is 17.6 Å². The summed E-state index contributed by atoms with van der Waals surface area (Å²) in [5.41, 5.74) is 6.67. The molecule has 0 heterocycles. The largest absolute Gasteiger partial charge is 0.341 e. The molecule has 0 spiro atoms. The lowest BCUT2D eigenvalue weighted by molar-refractivity contribution is -0.134. The molecule has 0 saturated heterocycles. The molecular weight excluding hydrogens is 260 g/mol. The molecule has 1 aromatic carbocycles. The van der Waals surface area contributed by atoms with Crippen molar-refractivity contribution in [3.63, 3.8) is 0 Å². The van der Waals surface area contributed by atoms with Gasteiger partial charge < -0.3 is 10.6 Å². The molecule has 0 aliphatic rings. The van der Waals surface area contributed by atoms with E-state index in [1.807, 2.05) is 24.3 Å². The fourth-order valence-electron chi connectivity index (χ4n) is 2.14. The van der Waals surface area contributed by atoms with Crippen LogP contribution in [0.2, 0.25) is 5.02 Å². The van der Waals surface area contributed by atoms with E-state index in [0.29, 0.717) is 24.0 Å². The minimum atomic E-state index is -0.104. The number of benzene rings is 1. The Morgan fingerprint density at radius 3 is 2.53 bits per heavy atom. The summed E-state index contributed by atoms with van der Waals surface area (Å²) >= 11 is 6.11. The number of nitrogens with two attached hydrogens (primary N) is 1. The van der Waals surface area contributed by atoms with E-state index in [1.165, 1.54) is 0 Å². The topological polar surface area (TPSA) is 46.3 Å². The Bertz CT molecular complexity index is 420. The van der Waals surface area contributed by atoms with Gasteiger partial charge in [0.1, 0.15) is 0 Å². The van der Waals surface area contributed by atoms with Gasteiger partial charge in [-0.05, 0) is 24.0 Å². The molecule has 4 heteroatoms. The van der Waals surface area contributed by atoms with Gasteiger partial charge in [0.25, 0.3) is 0 Å². The molecule has 1 rings (SSSR count). The van der Waals surface area contributed by atoms with Gasteiger partial charge in [-0.25, -0.2) is 0 Å². The van der Waals surface area contributed by atoms with Crippen molar-refractivity contribution < 1.29 is 4.79 Å². The van der Waals surface area contributed by atoms with Crippen LogP contribution in [0.3, 0.4) is 0 Å². The quantitative estimate of drug-likeness (QED) is 0.872. The summed E-state index contributed by atoms with van der Waals surface area (Å²) in [6.45, 7) is 5.12. The lowest BCUT2D eigenvalue weighted by Crippen LogP contribution is -2.37. The predicted molar refractivity (Wildman–Crippen MR) is 79.9 cm³/mol. The van der Waals surface area contributed by atoms with Crippen molar-refractivity contribution in [1.29, 1.82) is 0 Å². The van der Waals surface area contributed by atoms with Crippen LogP contribution in [0.25, 0.3) is 0 Å². The second kappa shape index (κ2) is 7.51. The van der Waals surface area contributed by atoms with Crippen molar-refractivity contribution in [2.75, 3.05) is 13.6 Å². The Hall–Kier alpha value is -1.06. The maximum Gasteiger partial charge on any atom is 0.227 e. The molecule has 106 valence electrons. The van der Waals surface area contributed by atoms with Crippen molar-refractivity contribution in [1.82, 2.24) is 4.90 Å². The molecule has 0 saturated carbocycles. The Morgan fingerprint density at radius 2 is 2.00 bits per heavy atom. The molecule has 3 nitrogen and oxygen atoms in total. The molecule has 0 aliphatic heterocycles. The third-order valence-electron chi connectivity index (χ3n) is 3.13. The Morgan fingerprint density at radius 1 is 1.37 bits per heavy atom. The van der Waals surface area contributed by atoms with E-state index in [9.17, 15) is 4.79 Å². The maximum absolute atomic E-state index is 12.3. The molecule has 1 amide bonds. The summed E-state index contributed by atoms with van der Waals surface area (Å²) in [6.07, 6.45) is 0.822. The lowest BCUT2D eigenvalue weighted by Gasteiger charge is -2.24. The molecule has 0 aromatic heterocycles. The monoisotopic (exact) mass is 282 g/mol. The zero-order valence-corrected chi connectivity index (χ0v) is 12.7. The average Bonchev–Trinajstić information content (AvgIpc) is 2.37. The van der Waals surface area contributed by atoms with Gasteiger partial charge in [-0.2, -0.15) is 0 Å². The number of carbonyl (C=O) groups excluding carboxylic acids is 1. The van der Waals surface area contributed by atoms with Gasteiger partial charge in [-0.3, -0.25) is 4.79 Å². The average molecular weight is 283 g/mol. The second-order valence-electron chi connectivity index (χ2n) is 5.35. The van der Waals surface area contributed by atoms with E-state index >= 15 is 0 Å². The molecular formula is C15H23ClN2O. The van der Waals surface area contributed by atoms with E-state index in [-0.39, 0.29) is 11.8 Å². The Balaban J connectivity index is 2.69. The standard InChI is InChI=1S/C15H23ClN2O/c1-11(2)8-13(9-17)15(19)18(3)10-12-6-4-5-7-14(12)16/h4-7,11,13H,8-10,17H2,1-3H3. The highest BCUT2D eigenvalue weighted by Crippen LogP contribution is 2.19. The molecule has 0 fully saturated rings. The first-order valence-corrected chi connectivity index (χ1v) is 7.02. The Kier molecular flexibility index (Phi) is 6.32. The van der Waals surface area contributed by atoms with Crippen LogP contribution in [0.4, 0.5) is 0 Å². The van der Waals surface area contributed by atoms with Crippen molar-refractivity contribution in [3.05, 3.63) is 34.9 Å². The number of rotatable bonds is 6. The maximum atomic E-state index is 12.3. The predicted octanol–water partition coefficient (Wildman–Crippen LogP) is 2.92. The van der Waals surface area contributed by atoms with Gasteiger partial charge in [0.05, 0.1) is 5.92 Å². The van der Waals surface area contributed by atoms with Crippen molar-refractivity contribution >= 4 is 17.5 Å². The fraction of sp³-hybridized carbons (Fsp3) is 0.533. The number of halogens is 1. The molecule has 19 heavy (non-hydrogen) atoms. The molecule has 2 N–H and O–H groups in total. The number of carbonyl (C=O) groups is 1. The van der Waals surface area contributed by atoms with E-state index in [0.717, 1.165) is 12.0 Å². The normalized spacial score (nSPS) is 12.5. The molecule has 1 unspecified atom stereocenters. The summed E-state index contributed by atoms with van der Waals surface area (Å²) in [6, 6.07) is 7.58. The van der Waals surface area contributed by atoms with Crippen LogP contribution in [-0.2, 0) is 11.3 Å². The van der Waals surface area contributed by atoms with Crippen LogP contribution >= 0.6 is 11.6 Å². The Labute approximate surface area is 120 Å². The molecule has 0 bridgehead atoms. The van der Waals surface area contributed by atoms with E-state index in [1.54, 1.807) is 11.9 Å². The zero-order chi connectivity index (χ0) is 14.4. The van der Waals surface area contributed by atoms with Crippen LogP contribution < -0.4 is 5.73 Å². The van der Waals surface area contributed by atoms with Crippen molar-refractivity contribution in [3.8, 4) is 0 Å². The number of hydrogen-bond donors (Lipinski definition) is 1. The van der Waals surface area contributed by atoms with Crippen LogP contribution in [0, 0.1) is 11.8 Å². The molecule has 1 aromatic rings. The van der Waals surface area contributed by atoms with Crippen LogP contribution in [0.1, 0.15) is 25.8 Å². The fourth-order valence-corrected chi connectivity index (χ4v) is 2.33. The number of nitrogens with zero attached hydrogens (tertiary/aromatic N) is 1. The minimum absolute atomic E-state index is 0.0936. The number of hydrogen-bond acceptors (Lipinski definition) is 2. The highest BCUT2D eigenvalue weighted by molar-refractivity contribution is 6.31. The summed E-state index contributed by atoms with van der Waals surface area (Å²) in [4.78, 5) is 14.0. The smallest absolute Gasteiger partial charge is 0.227 e. The zero-order valence-electron chi connectivity index (χ0n) is 11.9. The number of amides is 1. The molecule has 0 aliphatic carbocycles. The third-order valence-corrected chi connectivity index (χ3v) is 3.50. The van der Waals surface area contributed by atoms with E-state index < -0.39 is 0 Å². The van der Waals surface area contributed by atoms with Crippen LogP contribution in [0.15, 0.2) is 24.3 Å². The highest BCUT2D eigenvalue weighted by atomic mass is 35.5. The third kappa shape index (κ3) is 4.84. The van der Waals surface area contributed by atoms with Crippen LogP contribution in [-0.4, -0.2) is 24.4 Å². The molecule has 1 atom stereocenters. The van der Waals surface area contributed by atoms with Crippen molar-refractivity contribution in [2.45, 2.75) is 26.8 Å². The summed E-state index contributed by atoms with van der Waals surface area (Å²) in [7, 11) is 1.80. The highest BCUT2D eigenvalue weighted by Gasteiger charge is 2.22. The SMILES string of the molecule is CC(C)CC(CN)C(=O)N(C)Cc1ccccc1Cl. The lowest BCUT2D eigenvalue weighted by atomic mass is 9.96.